The van der Waals surface area contributed by atoms with Crippen LogP contribution in [0.5, 0.6) is 0 Å². The van der Waals surface area contributed by atoms with Crippen LogP contribution in [0.1, 0.15) is 6.42 Å². The van der Waals surface area contributed by atoms with E-state index in [1.165, 1.54) is 29.7 Å². The van der Waals surface area contributed by atoms with E-state index >= 15 is 0 Å². The average Bonchev–Trinajstić information content (AvgIpc) is 3.19. The van der Waals surface area contributed by atoms with Crippen LogP contribution in [0, 0.1) is 0 Å². The number of nitrogens with one attached hydrogen (secondary N) is 1. The number of rotatable bonds is 4. The highest BCUT2D eigenvalue weighted by Crippen LogP contribution is 2.22. The molecule has 0 aliphatic rings. The number of carbonyl (C=O) groups is 1. The summed E-state index contributed by atoms with van der Waals surface area (Å²) in [5.74, 6) is -0.790. The summed E-state index contributed by atoms with van der Waals surface area (Å²) in [6.07, 6.45) is -2.24. The van der Waals surface area contributed by atoms with E-state index in [4.69, 9.17) is 4.42 Å². The number of halogens is 3. The molecule has 0 aromatic carbocycles. The van der Waals surface area contributed by atoms with Crippen LogP contribution in [-0.4, -0.2) is 36.8 Å². The zero-order valence-electron chi connectivity index (χ0n) is 11.9. The van der Waals surface area contributed by atoms with E-state index in [1.807, 2.05) is 0 Å². The second-order valence-corrected chi connectivity index (χ2v) is 4.59. The van der Waals surface area contributed by atoms with Gasteiger partial charge in [0.25, 0.3) is 0 Å². The molecule has 0 radical (unpaired) electrons. The molecule has 0 aliphatic carbocycles. The van der Waals surface area contributed by atoms with Crippen molar-refractivity contribution < 1.29 is 22.4 Å². The van der Waals surface area contributed by atoms with Crippen LogP contribution < -0.4 is 5.32 Å². The predicted octanol–water partition coefficient (Wildman–Crippen LogP) is 2.21. The fourth-order valence-corrected chi connectivity index (χ4v) is 1.83. The quantitative estimate of drug-likeness (QED) is 0.783. The van der Waals surface area contributed by atoms with Crippen molar-refractivity contribution in [2.45, 2.75) is 12.6 Å². The third kappa shape index (κ3) is 3.74. The van der Waals surface area contributed by atoms with Crippen molar-refractivity contribution in [3.05, 3.63) is 37.1 Å². The van der Waals surface area contributed by atoms with E-state index in [9.17, 15) is 18.0 Å². The molecule has 3 aromatic heterocycles. The van der Waals surface area contributed by atoms with Gasteiger partial charge in [0.2, 0.25) is 5.91 Å². The number of hydrogen-bond acceptors (Lipinski definition) is 6. The van der Waals surface area contributed by atoms with Gasteiger partial charge in [0.05, 0.1) is 6.26 Å². The van der Waals surface area contributed by atoms with Crippen LogP contribution in [0.15, 0.2) is 41.5 Å². The minimum absolute atomic E-state index is 0.0790. The van der Waals surface area contributed by atoms with Crippen LogP contribution in [0.3, 0.4) is 0 Å². The van der Waals surface area contributed by atoms with Crippen molar-refractivity contribution in [2.24, 2.45) is 0 Å². The molecule has 0 unspecified atom stereocenters. The minimum Gasteiger partial charge on any atom is -0.461 e. The monoisotopic (exact) mass is 338 g/mol. The molecule has 11 heteroatoms. The highest BCUT2D eigenvalue weighted by molar-refractivity contribution is 5.90. The standard InChI is InChI=1S/C13H9F3N6O2/c14-13(15,16)5-11(23)19-9-4-10(22-7-17-6-18-22)21-12(20-9)8-2-1-3-24-8/h1-4,6-7H,5H2,(H,19,20,21,23). The highest BCUT2D eigenvalue weighted by atomic mass is 19.4. The molecular weight excluding hydrogens is 329 g/mol. The molecule has 1 amide bonds. The van der Waals surface area contributed by atoms with Gasteiger partial charge in [0.1, 0.15) is 24.9 Å². The van der Waals surface area contributed by atoms with Crippen LogP contribution in [0.25, 0.3) is 17.4 Å². The van der Waals surface area contributed by atoms with Crippen LogP contribution in [0.4, 0.5) is 19.0 Å². The second-order valence-electron chi connectivity index (χ2n) is 4.59. The van der Waals surface area contributed by atoms with Crippen molar-refractivity contribution in [2.75, 3.05) is 5.32 Å². The maximum Gasteiger partial charge on any atom is 0.397 e. The third-order valence-electron chi connectivity index (χ3n) is 2.74. The van der Waals surface area contributed by atoms with E-state index in [0.717, 1.165) is 0 Å². The van der Waals surface area contributed by atoms with Gasteiger partial charge < -0.3 is 9.73 Å². The zero-order chi connectivity index (χ0) is 17.2. The van der Waals surface area contributed by atoms with Crippen molar-refractivity contribution >= 4 is 11.7 Å². The molecule has 0 spiro atoms. The van der Waals surface area contributed by atoms with Gasteiger partial charge in [-0.2, -0.15) is 18.3 Å². The molecule has 0 saturated carbocycles. The van der Waals surface area contributed by atoms with Gasteiger partial charge in [-0.3, -0.25) is 4.79 Å². The van der Waals surface area contributed by atoms with Gasteiger partial charge in [0, 0.05) is 6.07 Å². The summed E-state index contributed by atoms with van der Waals surface area (Å²) in [6, 6.07) is 4.44. The SMILES string of the molecule is O=C(CC(F)(F)F)Nc1cc(-n2cncn2)nc(-c2ccco2)n1. The summed E-state index contributed by atoms with van der Waals surface area (Å²) in [5.41, 5.74) is 0. The molecule has 24 heavy (non-hydrogen) atoms. The lowest BCUT2D eigenvalue weighted by atomic mass is 10.3. The van der Waals surface area contributed by atoms with E-state index in [2.05, 4.69) is 25.4 Å². The van der Waals surface area contributed by atoms with Gasteiger partial charge in [-0.15, -0.1) is 0 Å². The number of alkyl halides is 3. The molecule has 0 bridgehead atoms. The first-order chi connectivity index (χ1) is 11.4. The van der Waals surface area contributed by atoms with Crippen molar-refractivity contribution in [1.82, 2.24) is 24.7 Å². The van der Waals surface area contributed by atoms with Gasteiger partial charge in [0.15, 0.2) is 17.4 Å². The van der Waals surface area contributed by atoms with Gasteiger partial charge in [-0.1, -0.05) is 0 Å². The molecular formula is C13H9F3N6O2. The first-order valence-electron chi connectivity index (χ1n) is 6.55. The molecule has 3 aromatic rings. The van der Waals surface area contributed by atoms with Crippen molar-refractivity contribution in [3.63, 3.8) is 0 Å². The van der Waals surface area contributed by atoms with E-state index in [-0.39, 0.29) is 23.2 Å². The molecule has 8 nitrogen and oxygen atoms in total. The average molecular weight is 338 g/mol. The Balaban J connectivity index is 1.95. The topological polar surface area (TPSA) is 98.7 Å². The number of carbonyl (C=O) groups excluding carboxylic acids is 1. The minimum atomic E-state index is -4.62. The summed E-state index contributed by atoms with van der Waals surface area (Å²) in [7, 11) is 0. The van der Waals surface area contributed by atoms with E-state index in [0.29, 0.717) is 0 Å². The highest BCUT2D eigenvalue weighted by Gasteiger charge is 2.31. The molecule has 0 aliphatic heterocycles. The Morgan fingerprint density at radius 1 is 1.33 bits per heavy atom. The molecule has 0 saturated heterocycles. The van der Waals surface area contributed by atoms with Crippen LogP contribution in [0.2, 0.25) is 0 Å². The Morgan fingerprint density at radius 2 is 2.17 bits per heavy atom. The summed E-state index contributed by atoms with van der Waals surface area (Å²) in [4.78, 5) is 23.4. The molecule has 0 fully saturated rings. The van der Waals surface area contributed by atoms with Crippen LogP contribution in [-0.2, 0) is 4.79 Å². The number of anilines is 1. The predicted molar refractivity (Wildman–Crippen MR) is 74.0 cm³/mol. The molecule has 3 heterocycles. The van der Waals surface area contributed by atoms with Gasteiger partial charge >= 0.3 is 6.18 Å². The number of aromatic nitrogens is 5. The largest absolute Gasteiger partial charge is 0.461 e. The Morgan fingerprint density at radius 3 is 2.79 bits per heavy atom. The summed E-state index contributed by atoms with van der Waals surface area (Å²) >= 11 is 0. The third-order valence-corrected chi connectivity index (χ3v) is 2.74. The normalized spacial score (nSPS) is 11.5. The van der Waals surface area contributed by atoms with Crippen molar-refractivity contribution in [3.8, 4) is 17.4 Å². The van der Waals surface area contributed by atoms with Crippen LogP contribution >= 0.6 is 0 Å². The molecule has 0 atom stereocenters. The van der Waals surface area contributed by atoms with Gasteiger partial charge in [-0.25, -0.2) is 19.6 Å². The number of nitrogens with zero attached hydrogens (tertiary/aromatic N) is 5. The summed E-state index contributed by atoms with van der Waals surface area (Å²) in [5, 5.41) is 5.97. The lowest BCUT2D eigenvalue weighted by Crippen LogP contribution is -2.22. The van der Waals surface area contributed by atoms with E-state index < -0.39 is 18.5 Å². The first-order valence-corrected chi connectivity index (χ1v) is 6.55. The maximum absolute atomic E-state index is 12.3. The second kappa shape index (κ2) is 6.10. The fraction of sp³-hybridized carbons (Fsp3) is 0.154. The Bertz CT molecular complexity index is 778. The Labute approximate surface area is 132 Å². The number of amides is 1. The fourth-order valence-electron chi connectivity index (χ4n) is 1.83. The lowest BCUT2D eigenvalue weighted by molar-refractivity contribution is -0.150. The zero-order valence-corrected chi connectivity index (χ0v) is 11.9. The Kier molecular flexibility index (Phi) is 3.98. The Hall–Kier alpha value is -3.24. The smallest absolute Gasteiger partial charge is 0.397 e. The lowest BCUT2D eigenvalue weighted by Gasteiger charge is -2.09. The molecule has 1 N–H and O–H groups in total. The van der Waals surface area contributed by atoms with Crippen molar-refractivity contribution in [1.29, 1.82) is 0 Å². The summed E-state index contributed by atoms with van der Waals surface area (Å²) in [6.45, 7) is 0. The first kappa shape index (κ1) is 15.6. The molecule has 124 valence electrons. The van der Waals surface area contributed by atoms with E-state index in [1.54, 1.807) is 12.1 Å². The number of hydrogen-bond donors (Lipinski definition) is 1. The summed E-state index contributed by atoms with van der Waals surface area (Å²) < 4.78 is 43.3. The maximum atomic E-state index is 12.3. The molecule has 3 rings (SSSR count). The number of furan rings is 1. The van der Waals surface area contributed by atoms with Gasteiger partial charge in [-0.05, 0) is 12.1 Å².